The molecule has 0 saturated carbocycles. The number of aromatic amines is 1. The average molecular weight is 265 g/mol. The van der Waals surface area contributed by atoms with E-state index in [1.807, 2.05) is 0 Å². The molecule has 1 heterocycles. The van der Waals surface area contributed by atoms with Crippen LogP contribution in [0.15, 0.2) is 16.6 Å². The van der Waals surface area contributed by atoms with Gasteiger partial charge in [-0.05, 0) is 28.1 Å². The predicted molar refractivity (Wildman–Crippen MR) is 48.7 cm³/mol. The van der Waals surface area contributed by atoms with Crippen molar-refractivity contribution in [1.29, 1.82) is 0 Å². The van der Waals surface area contributed by atoms with Crippen LogP contribution < -0.4 is 0 Å². The van der Waals surface area contributed by atoms with Gasteiger partial charge in [-0.3, -0.25) is 0 Å². The number of rotatable bonds is 1. The van der Waals surface area contributed by atoms with Crippen molar-refractivity contribution >= 4 is 27.0 Å². The summed E-state index contributed by atoms with van der Waals surface area (Å²) < 4.78 is 37.7. The van der Waals surface area contributed by atoms with Gasteiger partial charge in [0.25, 0.3) is 6.43 Å². The van der Waals surface area contributed by atoms with E-state index in [-0.39, 0.29) is 5.52 Å². The van der Waals surface area contributed by atoms with Crippen LogP contribution in [0.25, 0.3) is 11.0 Å². The Labute approximate surface area is 85.3 Å². The molecular formula is C8H4BrF3N2. The molecule has 0 unspecified atom stereocenters. The number of nitrogens with zero attached hydrogens (tertiary/aromatic N) is 1. The van der Waals surface area contributed by atoms with E-state index in [9.17, 15) is 13.2 Å². The number of nitrogens with one attached hydrogen (secondary N) is 1. The summed E-state index contributed by atoms with van der Waals surface area (Å²) in [6, 6.07) is 2.30. The van der Waals surface area contributed by atoms with Crippen molar-refractivity contribution in [2.45, 2.75) is 6.43 Å². The second-order valence-electron chi connectivity index (χ2n) is 2.71. The molecule has 2 nitrogen and oxygen atoms in total. The van der Waals surface area contributed by atoms with Crippen LogP contribution in [0.1, 0.15) is 12.2 Å². The summed E-state index contributed by atoms with van der Waals surface area (Å²) in [4.78, 5) is 5.98. The molecule has 0 amide bonds. The monoisotopic (exact) mass is 264 g/mol. The van der Waals surface area contributed by atoms with E-state index < -0.39 is 18.1 Å². The number of hydrogen-bond acceptors (Lipinski definition) is 1. The molecule has 0 atom stereocenters. The molecule has 0 aliphatic rings. The quantitative estimate of drug-likeness (QED) is 0.841. The Morgan fingerprint density at radius 1 is 1.36 bits per heavy atom. The van der Waals surface area contributed by atoms with E-state index >= 15 is 0 Å². The first-order valence-corrected chi connectivity index (χ1v) is 4.50. The fourth-order valence-corrected chi connectivity index (χ4v) is 1.69. The Bertz CT molecular complexity index is 481. The molecule has 0 saturated heterocycles. The number of hydrogen-bond donors (Lipinski definition) is 1. The molecule has 0 radical (unpaired) electrons. The zero-order valence-electron chi connectivity index (χ0n) is 6.69. The van der Waals surface area contributed by atoms with E-state index in [0.29, 0.717) is 9.99 Å². The number of fused-ring (bicyclic) bond motifs is 1. The van der Waals surface area contributed by atoms with Gasteiger partial charge in [0, 0.05) is 4.47 Å². The van der Waals surface area contributed by atoms with Crippen molar-refractivity contribution in [2.24, 2.45) is 0 Å². The van der Waals surface area contributed by atoms with Gasteiger partial charge >= 0.3 is 0 Å². The summed E-state index contributed by atoms with van der Waals surface area (Å²) in [6.45, 7) is 0. The highest BCUT2D eigenvalue weighted by molar-refractivity contribution is 9.10. The number of benzene rings is 1. The van der Waals surface area contributed by atoms with Crippen LogP contribution in [0.3, 0.4) is 0 Å². The van der Waals surface area contributed by atoms with E-state index in [0.717, 1.165) is 6.07 Å². The van der Waals surface area contributed by atoms with Gasteiger partial charge in [0.15, 0.2) is 5.82 Å². The summed E-state index contributed by atoms with van der Waals surface area (Å²) in [7, 11) is 0. The van der Waals surface area contributed by atoms with Crippen LogP contribution in [-0.2, 0) is 0 Å². The lowest BCUT2D eigenvalue weighted by atomic mass is 10.3. The maximum absolute atomic E-state index is 12.8. The first kappa shape index (κ1) is 9.51. The highest BCUT2D eigenvalue weighted by atomic mass is 79.9. The predicted octanol–water partition coefficient (Wildman–Crippen LogP) is 3.40. The van der Waals surface area contributed by atoms with Crippen LogP contribution in [0.2, 0.25) is 0 Å². The highest BCUT2D eigenvalue weighted by Crippen LogP contribution is 2.26. The molecule has 14 heavy (non-hydrogen) atoms. The minimum Gasteiger partial charge on any atom is -0.337 e. The molecule has 0 spiro atoms. The summed E-state index contributed by atoms with van der Waals surface area (Å²) in [5.74, 6) is -0.958. The first-order valence-electron chi connectivity index (χ1n) is 3.70. The third-order valence-electron chi connectivity index (χ3n) is 1.73. The fourth-order valence-electron chi connectivity index (χ4n) is 1.16. The molecule has 1 N–H and O–H groups in total. The number of aromatic nitrogens is 2. The van der Waals surface area contributed by atoms with Gasteiger partial charge in [-0.1, -0.05) is 0 Å². The van der Waals surface area contributed by atoms with Gasteiger partial charge in [0.1, 0.15) is 11.3 Å². The van der Waals surface area contributed by atoms with Crippen molar-refractivity contribution in [1.82, 2.24) is 9.97 Å². The van der Waals surface area contributed by atoms with Gasteiger partial charge in [0.05, 0.1) is 5.52 Å². The van der Waals surface area contributed by atoms with Crippen molar-refractivity contribution in [3.05, 3.63) is 28.2 Å². The van der Waals surface area contributed by atoms with Gasteiger partial charge in [-0.2, -0.15) is 0 Å². The number of H-pyrrole nitrogens is 1. The maximum atomic E-state index is 12.8. The van der Waals surface area contributed by atoms with Crippen LogP contribution in [0, 0.1) is 5.82 Å². The van der Waals surface area contributed by atoms with Crippen LogP contribution >= 0.6 is 15.9 Å². The zero-order valence-corrected chi connectivity index (χ0v) is 8.28. The molecule has 2 rings (SSSR count). The smallest absolute Gasteiger partial charge is 0.295 e. The minimum atomic E-state index is -2.68. The molecule has 6 heteroatoms. The Balaban J connectivity index is 2.70. The molecule has 1 aromatic heterocycles. The maximum Gasteiger partial charge on any atom is 0.295 e. The summed E-state index contributed by atoms with van der Waals surface area (Å²) >= 11 is 3.04. The number of alkyl halides is 2. The Morgan fingerprint density at radius 3 is 2.71 bits per heavy atom. The van der Waals surface area contributed by atoms with Crippen molar-refractivity contribution in [3.63, 3.8) is 0 Å². The fraction of sp³-hybridized carbons (Fsp3) is 0.125. The molecule has 0 fully saturated rings. The normalized spacial score (nSPS) is 11.5. The van der Waals surface area contributed by atoms with E-state index in [1.165, 1.54) is 6.07 Å². The van der Waals surface area contributed by atoms with Gasteiger partial charge in [-0.15, -0.1) is 0 Å². The highest BCUT2D eigenvalue weighted by Gasteiger charge is 2.14. The Hall–Kier alpha value is -1.04. The third-order valence-corrected chi connectivity index (χ3v) is 2.33. The zero-order chi connectivity index (χ0) is 10.3. The van der Waals surface area contributed by atoms with Crippen molar-refractivity contribution < 1.29 is 13.2 Å². The second kappa shape index (κ2) is 3.27. The average Bonchev–Trinajstić information content (AvgIpc) is 2.47. The Morgan fingerprint density at radius 2 is 2.07 bits per heavy atom. The van der Waals surface area contributed by atoms with Crippen molar-refractivity contribution in [2.75, 3.05) is 0 Å². The van der Waals surface area contributed by atoms with Gasteiger partial charge in [0.2, 0.25) is 0 Å². The van der Waals surface area contributed by atoms with E-state index in [1.54, 1.807) is 0 Å². The second-order valence-corrected chi connectivity index (χ2v) is 3.56. The number of halogens is 4. The lowest BCUT2D eigenvalue weighted by molar-refractivity contribution is 0.142. The van der Waals surface area contributed by atoms with Crippen molar-refractivity contribution in [3.8, 4) is 0 Å². The van der Waals surface area contributed by atoms with E-state index in [4.69, 9.17) is 0 Å². The summed E-state index contributed by atoms with van der Waals surface area (Å²) in [5, 5.41) is 0. The lowest BCUT2D eigenvalue weighted by Gasteiger charge is -1.91. The molecular weight excluding hydrogens is 261 g/mol. The lowest BCUT2D eigenvalue weighted by Crippen LogP contribution is -1.85. The topological polar surface area (TPSA) is 28.7 Å². The van der Waals surface area contributed by atoms with Crippen LogP contribution in [0.5, 0.6) is 0 Å². The third kappa shape index (κ3) is 1.50. The summed E-state index contributed by atoms with van der Waals surface area (Å²) in [6.07, 6.45) is -2.68. The first-order chi connectivity index (χ1) is 6.58. The van der Waals surface area contributed by atoms with Gasteiger partial charge in [-0.25, -0.2) is 18.2 Å². The Kier molecular flexibility index (Phi) is 2.22. The molecule has 2 aromatic rings. The molecule has 0 bridgehead atoms. The van der Waals surface area contributed by atoms with Gasteiger partial charge < -0.3 is 4.98 Å². The molecule has 1 aromatic carbocycles. The number of imidazole rings is 1. The molecule has 0 aliphatic heterocycles. The largest absolute Gasteiger partial charge is 0.337 e. The van der Waals surface area contributed by atoms with Crippen LogP contribution in [0.4, 0.5) is 13.2 Å². The van der Waals surface area contributed by atoms with E-state index in [2.05, 4.69) is 25.9 Å². The molecule has 0 aliphatic carbocycles. The molecule has 74 valence electrons. The minimum absolute atomic E-state index is 0.257. The standard InChI is InChI=1S/C8H4BrF3N2/c9-4-1-3(10)2-5-6(4)14-8(13-5)7(11)12/h1-2,7H,(H,13,14). The SMILES string of the molecule is Fc1cc(Br)c2nc(C(F)F)[nH]c2c1. The summed E-state index contributed by atoms with van der Waals surface area (Å²) in [5.41, 5.74) is 0.564. The van der Waals surface area contributed by atoms with Crippen LogP contribution in [-0.4, -0.2) is 9.97 Å².